The van der Waals surface area contributed by atoms with Crippen molar-refractivity contribution in [3.05, 3.63) is 58.6 Å². The van der Waals surface area contributed by atoms with Crippen LogP contribution in [0.15, 0.2) is 47.5 Å². The number of aromatic hydroxyl groups is 1. The molecule has 2 unspecified atom stereocenters. The summed E-state index contributed by atoms with van der Waals surface area (Å²) in [4.78, 5) is 4.71. The second-order valence-corrected chi connectivity index (χ2v) is 6.27. The second-order valence-electron chi connectivity index (χ2n) is 5.84. The molecule has 4 nitrogen and oxygen atoms in total. The molecule has 1 aliphatic rings. The molecule has 5 heteroatoms. The number of nitrogens with one attached hydrogen (secondary N) is 1. The Morgan fingerprint density at radius 2 is 2.00 bits per heavy atom. The molecule has 0 amide bonds. The highest BCUT2D eigenvalue weighted by Gasteiger charge is 2.25. The molecule has 0 fully saturated rings. The zero-order chi connectivity index (χ0) is 17.1. The van der Waals surface area contributed by atoms with Gasteiger partial charge in [0.05, 0.1) is 12.8 Å². The third-order valence-corrected chi connectivity index (χ3v) is 4.29. The number of phenolic OH excluding ortho intramolecular Hbond substituents is 1. The maximum absolute atomic E-state index is 10.2. The van der Waals surface area contributed by atoms with Crippen LogP contribution >= 0.6 is 11.6 Å². The van der Waals surface area contributed by atoms with Crippen LogP contribution in [0.25, 0.3) is 0 Å². The van der Waals surface area contributed by atoms with E-state index in [9.17, 15) is 5.11 Å². The van der Waals surface area contributed by atoms with Crippen LogP contribution in [0.3, 0.4) is 0 Å². The topological polar surface area (TPSA) is 53.8 Å². The summed E-state index contributed by atoms with van der Waals surface area (Å²) in [5.74, 6) is 1.10. The van der Waals surface area contributed by atoms with Gasteiger partial charge >= 0.3 is 0 Å². The summed E-state index contributed by atoms with van der Waals surface area (Å²) in [6.45, 7) is 4.62. The number of benzene rings is 2. The molecule has 0 spiro atoms. The van der Waals surface area contributed by atoms with Crippen molar-refractivity contribution in [1.29, 1.82) is 0 Å². The smallest absolute Gasteiger partial charge is 0.120 e. The third kappa shape index (κ3) is 3.71. The van der Waals surface area contributed by atoms with Crippen molar-refractivity contribution in [3.63, 3.8) is 0 Å². The zero-order valence-corrected chi connectivity index (χ0v) is 14.5. The van der Waals surface area contributed by atoms with Crippen molar-refractivity contribution in [3.8, 4) is 11.5 Å². The molecule has 2 aromatic rings. The van der Waals surface area contributed by atoms with E-state index in [4.69, 9.17) is 21.3 Å². The van der Waals surface area contributed by atoms with Crippen LogP contribution in [0.5, 0.6) is 11.5 Å². The summed E-state index contributed by atoms with van der Waals surface area (Å²) in [6, 6.07) is 13.1. The van der Waals surface area contributed by atoms with Crippen molar-refractivity contribution in [2.24, 2.45) is 4.99 Å². The highest BCUT2D eigenvalue weighted by molar-refractivity contribution is 6.30. The van der Waals surface area contributed by atoms with Crippen LogP contribution < -0.4 is 10.1 Å². The van der Waals surface area contributed by atoms with Crippen LogP contribution in [0.2, 0.25) is 5.02 Å². The van der Waals surface area contributed by atoms with E-state index in [1.807, 2.05) is 44.2 Å². The molecule has 3 rings (SSSR count). The minimum absolute atomic E-state index is 0.0298. The van der Waals surface area contributed by atoms with Crippen LogP contribution in [0.1, 0.15) is 37.4 Å². The Bertz CT molecular complexity index is 744. The summed E-state index contributed by atoms with van der Waals surface area (Å²) in [7, 11) is 0. The van der Waals surface area contributed by atoms with Gasteiger partial charge in [-0.3, -0.25) is 10.3 Å². The Morgan fingerprint density at radius 1 is 1.25 bits per heavy atom. The molecule has 126 valence electrons. The summed E-state index contributed by atoms with van der Waals surface area (Å²) in [5, 5.41) is 14.2. The molecule has 2 N–H and O–H groups in total. The minimum Gasteiger partial charge on any atom is -0.508 e. The van der Waals surface area contributed by atoms with E-state index in [2.05, 4.69) is 5.32 Å². The first-order valence-corrected chi connectivity index (χ1v) is 8.49. The normalized spacial score (nSPS) is 20.5. The molecule has 24 heavy (non-hydrogen) atoms. The van der Waals surface area contributed by atoms with Crippen LogP contribution in [0.4, 0.5) is 0 Å². The van der Waals surface area contributed by atoms with E-state index < -0.39 is 0 Å². The minimum atomic E-state index is -0.0382. The molecule has 0 aromatic heterocycles. The number of hydrogen-bond acceptors (Lipinski definition) is 4. The number of ether oxygens (including phenoxy) is 1. The average Bonchev–Trinajstić information content (AvgIpc) is 2.57. The first-order chi connectivity index (χ1) is 11.6. The maximum Gasteiger partial charge on any atom is 0.120 e. The van der Waals surface area contributed by atoms with Gasteiger partial charge in [-0.25, -0.2) is 0 Å². The molecule has 0 saturated heterocycles. The third-order valence-electron chi connectivity index (χ3n) is 4.05. The van der Waals surface area contributed by atoms with Gasteiger partial charge in [-0.15, -0.1) is 0 Å². The fraction of sp³-hybridized carbons (Fsp3) is 0.316. The number of phenols is 1. The van der Waals surface area contributed by atoms with Gasteiger partial charge in [0.15, 0.2) is 0 Å². The second kappa shape index (κ2) is 7.24. The van der Waals surface area contributed by atoms with Crippen LogP contribution in [-0.4, -0.2) is 23.6 Å². The SMILES string of the molecule is CCOc1ccc(C2=NC(C)NC(c3cc(Cl)ccc3O)C2)cc1. The molecule has 0 bridgehead atoms. The molecule has 0 saturated carbocycles. The average molecular weight is 345 g/mol. The predicted molar refractivity (Wildman–Crippen MR) is 97.2 cm³/mol. The van der Waals surface area contributed by atoms with Crippen molar-refractivity contribution in [2.75, 3.05) is 6.61 Å². The van der Waals surface area contributed by atoms with Crippen molar-refractivity contribution in [1.82, 2.24) is 5.32 Å². The fourth-order valence-corrected chi connectivity index (χ4v) is 3.15. The highest BCUT2D eigenvalue weighted by atomic mass is 35.5. The molecular weight excluding hydrogens is 324 g/mol. The molecule has 1 heterocycles. The Kier molecular flexibility index (Phi) is 5.07. The number of aliphatic imine (C=N–C) groups is 1. The number of halogens is 1. The predicted octanol–water partition coefficient (Wildman–Crippen LogP) is 4.31. The molecular formula is C19H21ClN2O2. The summed E-state index contributed by atoms with van der Waals surface area (Å²) < 4.78 is 5.49. The van der Waals surface area contributed by atoms with Crippen molar-refractivity contribution >= 4 is 17.3 Å². The largest absolute Gasteiger partial charge is 0.508 e. The lowest BCUT2D eigenvalue weighted by Gasteiger charge is -2.29. The monoisotopic (exact) mass is 344 g/mol. The fourth-order valence-electron chi connectivity index (χ4n) is 2.97. The van der Waals surface area contributed by atoms with E-state index in [0.717, 1.165) is 22.6 Å². The number of nitrogens with zero attached hydrogens (tertiary/aromatic N) is 1. The summed E-state index contributed by atoms with van der Waals surface area (Å²) in [6.07, 6.45) is 0.648. The van der Waals surface area contributed by atoms with Crippen LogP contribution in [0, 0.1) is 0 Å². The Balaban J connectivity index is 1.86. The van der Waals surface area contributed by atoms with Gasteiger partial charge in [0, 0.05) is 28.8 Å². The van der Waals surface area contributed by atoms with Gasteiger partial charge in [-0.1, -0.05) is 11.6 Å². The lowest BCUT2D eigenvalue weighted by atomic mass is 9.94. The van der Waals surface area contributed by atoms with E-state index >= 15 is 0 Å². The lowest BCUT2D eigenvalue weighted by Crippen LogP contribution is -2.36. The summed E-state index contributed by atoms with van der Waals surface area (Å²) >= 11 is 6.09. The van der Waals surface area contributed by atoms with E-state index in [0.29, 0.717) is 18.1 Å². The molecule has 2 aromatic carbocycles. The van der Waals surface area contributed by atoms with E-state index in [1.165, 1.54) is 0 Å². The lowest BCUT2D eigenvalue weighted by molar-refractivity contribution is 0.340. The van der Waals surface area contributed by atoms with Gasteiger partial charge in [0.1, 0.15) is 11.5 Å². The Hall–Kier alpha value is -2.04. The molecule has 0 radical (unpaired) electrons. The van der Waals surface area contributed by atoms with Gasteiger partial charge in [0.2, 0.25) is 0 Å². The van der Waals surface area contributed by atoms with E-state index in [1.54, 1.807) is 12.1 Å². The molecule has 2 atom stereocenters. The highest BCUT2D eigenvalue weighted by Crippen LogP contribution is 2.32. The quantitative estimate of drug-likeness (QED) is 0.868. The Morgan fingerprint density at radius 3 is 2.71 bits per heavy atom. The first-order valence-electron chi connectivity index (χ1n) is 8.11. The standard InChI is InChI=1S/C19H21ClN2O2/c1-3-24-15-7-4-13(5-8-15)17-11-18(22-12(2)21-17)16-10-14(20)6-9-19(16)23/h4-10,12,18,22-23H,3,11H2,1-2H3. The van der Waals surface area contributed by atoms with Crippen molar-refractivity contribution < 1.29 is 9.84 Å². The maximum atomic E-state index is 10.2. The number of hydrogen-bond donors (Lipinski definition) is 2. The summed E-state index contributed by atoms with van der Waals surface area (Å²) in [5.41, 5.74) is 2.87. The molecule has 0 aliphatic carbocycles. The van der Waals surface area contributed by atoms with Crippen molar-refractivity contribution in [2.45, 2.75) is 32.5 Å². The first kappa shape index (κ1) is 16.8. The molecule has 1 aliphatic heterocycles. The van der Waals surface area contributed by atoms with Gasteiger partial charge in [0.25, 0.3) is 0 Å². The van der Waals surface area contributed by atoms with Gasteiger partial charge in [-0.2, -0.15) is 0 Å². The van der Waals surface area contributed by atoms with Gasteiger partial charge < -0.3 is 9.84 Å². The van der Waals surface area contributed by atoms with Gasteiger partial charge in [-0.05, 0) is 61.9 Å². The Labute approximate surface area is 147 Å². The number of rotatable bonds is 4. The zero-order valence-electron chi connectivity index (χ0n) is 13.8. The van der Waals surface area contributed by atoms with Crippen LogP contribution in [-0.2, 0) is 0 Å². The van der Waals surface area contributed by atoms with E-state index in [-0.39, 0.29) is 18.0 Å².